The average Bonchev–Trinajstić information content (AvgIpc) is 2.19. The maximum Gasteiger partial charge on any atom is 0.0583 e. The van der Waals surface area contributed by atoms with Crippen LogP contribution >= 0.6 is 11.8 Å². The standard InChI is InChI=1S/C10H13NOS/c1-8(11-12)7-9-3-5-10(13-2)6-4-9/h3-6,12H,7H2,1-2H3/b11-8-. The van der Waals surface area contributed by atoms with Crippen LogP contribution in [0, 0.1) is 0 Å². The van der Waals surface area contributed by atoms with Crippen molar-refractivity contribution in [3.8, 4) is 0 Å². The van der Waals surface area contributed by atoms with E-state index < -0.39 is 0 Å². The normalized spacial score (nSPS) is 11.7. The summed E-state index contributed by atoms with van der Waals surface area (Å²) >= 11 is 1.72. The third-order valence-electron chi connectivity index (χ3n) is 1.79. The van der Waals surface area contributed by atoms with E-state index in [-0.39, 0.29) is 0 Å². The minimum absolute atomic E-state index is 0.713. The van der Waals surface area contributed by atoms with Gasteiger partial charge in [0.1, 0.15) is 0 Å². The largest absolute Gasteiger partial charge is 0.411 e. The van der Waals surface area contributed by atoms with Crippen LogP contribution in [0.4, 0.5) is 0 Å². The summed E-state index contributed by atoms with van der Waals surface area (Å²) in [5, 5.41) is 11.6. The molecule has 0 amide bonds. The third kappa shape index (κ3) is 3.11. The van der Waals surface area contributed by atoms with Gasteiger partial charge in [-0.2, -0.15) is 0 Å². The topological polar surface area (TPSA) is 32.6 Å². The van der Waals surface area contributed by atoms with E-state index in [2.05, 4.69) is 35.7 Å². The van der Waals surface area contributed by atoms with Crippen molar-refractivity contribution in [3.63, 3.8) is 0 Å². The van der Waals surface area contributed by atoms with E-state index in [1.165, 1.54) is 10.5 Å². The molecular weight excluding hydrogens is 182 g/mol. The molecule has 1 rings (SSSR count). The van der Waals surface area contributed by atoms with Gasteiger partial charge in [-0.15, -0.1) is 11.8 Å². The van der Waals surface area contributed by atoms with Crippen LogP contribution in [0.3, 0.4) is 0 Å². The molecule has 1 aromatic rings. The van der Waals surface area contributed by atoms with Gasteiger partial charge in [0.15, 0.2) is 0 Å². The Bertz CT molecular complexity index is 292. The number of hydrogen-bond acceptors (Lipinski definition) is 3. The molecule has 0 spiro atoms. The summed E-state index contributed by atoms with van der Waals surface area (Å²) in [6.07, 6.45) is 2.76. The molecule has 0 aliphatic heterocycles. The van der Waals surface area contributed by atoms with Gasteiger partial charge in [-0.05, 0) is 30.9 Å². The second-order valence-corrected chi connectivity index (χ2v) is 3.74. The van der Waals surface area contributed by atoms with Gasteiger partial charge in [0, 0.05) is 11.3 Å². The molecular formula is C10H13NOS. The van der Waals surface area contributed by atoms with E-state index in [4.69, 9.17) is 5.21 Å². The number of thioether (sulfide) groups is 1. The zero-order valence-corrected chi connectivity index (χ0v) is 8.64. The van der Waals surface area contributed by atoms with Gasteiger partial charge in [-0.3, -0.25) is 0 Å². The van der Waals surface area contributed by atoms with Crippen molar-refractivity contribution in [2.45, 2.75) is 18.2 Å². The molecule has 13 heavy (non-hydrogen) atoms. The van der Waals surface area contributed by atoms with Gasteiger partial charge in [0.2, 0.25) is 0 Å². The Labute approximate surface area is 82.7 Å². The molecule has 0 aliphatic rings. The molecule has 0 unspecified atom stereocenters. The van der Waals surface area contributed by atoms with Crippen molar-refractivity contribution in [1.29, 1.82) is 0 Å². The van der Waals surface area contributed by atoms with Crippen LogP contribution in [-0.2, 0) is 6.42 Å². The highest BCUT2D eigenvalue weighted by molar-refractivity contribution is 7.98. The minimum atomic E-state index is 0.713. The van der Waals surface area contributed by atoms with Gasteiger partial charge < -0.3 is 5.21 Å². The van der Waals surface area contributed by atoms with Crippen LogP contribution in [0.15, 0.2) is 34.3 Å². The molecule has 0 saturated heterocycles. The molecule has 0 radical (unpaired) electrons. The first-order valence-electron chi connectivity index (χ1n) is 4.06. The number of nitrogens with zero attached hydrogens (tertiary/aromatic N) is 1. The molecule has 0 bridgehead atoms. The first kappa shape index (κ1) is 10.1. The van der Waals surface area contributed by atoms with E-state index in [9.17, 15) is 0 Å². The molecule has 0 aromatic heterocycles. The van der Waals surface area contributed by atoms with Crippen LogP contribution in [0.1, 0.15) is 12.5 Å². The van der Waals surface area contributed by atoms with Crippen molar-refractivity contribution in [2.75, 3.05) is 6.26 Å². The maximum absolute atomic E-state index is 8.48. The van der Waals surface area contributed by atoms with Crippen LogP contribution in [0.25, 0.3) is 0 Å². The third-order valence-corrected chi connectivity index (χ3v) is 2.53. The number of rotatable bonds is 3. The summed E-state index contributed by atoms with van der Waals surface area (Å²) in [5.41, 5.74) is 1.91. The second-order valence-electron chi connectivity index (χ2n) is 2.86. The van der Waals surface area contributed by atoms with Gasteiger partial charge >= 0.3 is 0 Å². The van der Waals surface area contributed by atoms with Crippen molar-refractivity contribution in [2.24, 2.45) is 5.16 Å². The fourth-order valence-electron chi connectivity index (χ4n) is 1.07. The molecule has 1 aromatic carbocycles. The Hall–Kier alpha value is -0.960. The van der Waals surface area contributed by atoms with E-state index >= 15 is 0 Å². The van der Waals surface area contributed by atoms with E-state index in [1.54, 1.807) is 11.8 Å². The zero-order valence-electron chi connectivity index (χ0n) is 7.82. The second kappa shape index (κ2) is 4.92. The smallest absolute Gasteiger partial charge is 0.0583 e. The van der Waals surface area contributed by atoms with Crippen molar-refractivity contribution >= 4 is 17.5 Å². The summed E-state index contributed by atoms with van der Waals surface area (Å²) < 4.78 is 0. The van der Waals surface area contributed by atoms with Crippen molar-refractivity contribution in [3.05, 3.63) is 29.8 Å². The predicted octanol–water partition coefficient (Wildman–Crippen LogP) is 2.80. The average molecular weight is 195 g/mol. The Morgan fingerprint density at radius 3 is 2.46 bits per heavy atom. The zero-order chi connectivity index (χ0) is 9.68. The lowest BCUT2D eigenvalue weighted by Crippen LogP contribution is -1.96. The van der Waals surface area contributed by atoms with Gasteiger partial charge in [0.05, 0.1) is 5.71 Å². The molecule has 0 saturated carbocycles. The Kier molecular flexibility index (Phi) is 3.83. The highest BCUT2D eigenvalue weighted by Crippen LogP contribution is 2.15. The van der Waals surface area contributed by atoms with Gasteiger partial charge in [-0.25, -0.2) is 0 Å². The monoisotopic (exact) mass is 195 g/mol. The van der Waals surface area contributed by atoms with Crippen molar-refractivity contribution < 1.29 is 5.21 Å². The summed E-state index contributed by atoms with van der Waals surface area (Å²) in [4.78, 5) is 1.25. The molecule has 2 nitrogen and oxygen atoms in total. The molecule has 0 heterocycles. The molecule has 70 valence electrons. The summed E-state index contributed by atoms with van der Waals surface area (Å²) in [6, 6.07) is 8.26. The van der Waals surface area contributed by atoms with Gasteiger partial charge in [0.25, 0.3) is 0 Å². The minimum Gasteiger partial charge on any atom is -0.411 e. The lowest BCUT2D eigenvalue weighted by Gasteiger charge is -2.00. The van der Waals surface area contributed by atoms with Crippen LogP contribution in [0.2, 0.25) is 0 Å². The fourth-order valence-corrected chi connectivity index (χ4v) is 1.48. The summed E-state index contributed by atoms with van der Waals surface area (Å²) in [5.74, 6) is 0. The lowest BCUT2D eigenvalue weighted by atomic mass is 10.1. The van der Waals surface area contributed by atoms with Crippen LogP contribution in [0.5, 0.6) is 0 Å². The molecule has 1 N–H and O–H groups in total. The van der Waals surface area contributed by atoms with E-state index in [0.29, 0.717) is 6.42 Å². The SMILES string of the molecule is CSc1ccc(C/C(C)=N\O)cc1. The molecule has 0 aliphatic carbocycles. The van der Waals surface area contributed by atoms with E-state index in [0.717, 1.165) is 5.71 Å². The Morgan fingerprint density at radius 1 is 1.38 bits per heavy atom. The lowest BCUT2D eigenvalue weighted by molar-refractivity contribution is 0.317. The first-order chi connectivity index (χ1) is 6.26. The Balaban J connectivity index is 2.69. The number of oxime groups is 1. The van der Waals surface area contributed by atoms with Crippen LogP contribution in [-0.4, -0.2) is 17.2 Å². The maximum atomic E-state index is 8.48. The van der Waals surface area contributed by atoms with Gasteiger partial charge in [-0.1, -0.05) is 17.3 Å². The number of hydrogen-bond donors (Lipinski definition) is 1. The predicted molar refractivity (Wildman–Crippen MR) is 56.8 cm³/mol. The quantitative estimate of drug-likeness (QED) is 0.348. The summed E-state index contributed by atoms with van der Waals surface area (Å²) in [6.45, 7) is 1.81. The first-order valence-corrected chi connectivity index (χ1v) is 5.29. The summed E-state index contributed by atoms with van der Waals surface area (Å²) in [7, 11) is 0. The van der Waals surface area contributed by atoms with E-state index in [1.807, 2.05) is 6.92 Å². The molecule has 3 heteroatoms. The highest BCUT2D eigenvalue weighted by atomic mass is 32.2. The van der Waals surface area contributed by atoms with Crippen molar-refractivity contribution in [1.82, 2.24) is 0 Å². The number of benzene rings is 1. The Morgan fingerprint density at radius 2 is 2.00 bits per heavy atom. The fraction of sp³-hybridized carbons (Fsp3) is 0.300. The molecule has 0 fully saturated rings. The molecule has 0 atom stereocenters. The van der Waals surface area contributed by atoms with Crippen LogP contribution < -0.4 is 0 Å². The highest BCUT2D eigenvalue weighted by Gasteiger charge is 1.96.